The zero-order chi connectivity index (χ0) is 10.6. The zero-order valence-corrected chi connectivity index (χ0v) is 7.47. The Morgan fingerprint density at radius 2 is 2.14 bits per heavy atom. The van der Waals surface area contributed by atoms with Crippen LogP contribution in [-0.4, -0.2) is 12.1 Å². The van der Waals surface area contributed by atoms with Crippen LogP contribution in [0.25, 0.3) is 0 Å². The molecule has 6 nitrogen and oxygen atoms in total. The van der Waals surface area contributed by atoms with E-state index in [0.717, 1.165) is 4.73 Å². The first-order valence-electron chi connectivity index (χ1n) is 3.76. The average Bonchev–Trinajstić information content (AvgIpc) is 2.06. The van der Waals surface area contributed by atoms with Gasteiger partial charge in [-0.15, -0.1) is 0 Å². The highest BCUT2D eigenvalue weighted by Gasteiger charge is 2.17. The van der Waals surface area contributed by atoms with Crippen LogP contribution in [0.1, 0.15) is 6.92 Å². The van der Waals surface area contributed by atoms with Crippen LogP contribution in [0, 0.1) is 0 Å². The summed E-state index contributed by atoms with van der Waals surface area (Å²) in [6.45, 7) is 1.24. The van der Waals surface area contributed by atoms with Crippen molar-refractivity contribution < 1.29 is 23.9 Å². The summed E-state index contributed by atoms with van der Waals surface area (Å²) in [5.41, 5.74) is 4.80. The first-order valence-corrected chi connectivity index (χ1v) is 3.76. The van der Waals surface area contributed by atoms with E-state index in [2.05, 4.69) is 4.84 Å². The fraction of sp³-hybridized carbons (Fsp3) is 0.125. The van der Waals surface area contributed by atoms with Gasteiger partial charge < -0.3 is 10.5 Å². The van der Waals surface area contributed by atoms with Crippen LogP contribution in [0.2, 0.25) is 0 Å². The second-order valence-corrected chi connectivity index (χ2v) is 2.37. The van der Waals surface area contributed by atoms with Crippen LogP contribution in [0.3, 0.4) is 0 Å². The van der Waals surface area contributed by atoms with Crippen molar-refractivity contribution >= 4 is 12.1 Å². The maximum atomic E-state index is 10.6. The summed E-state index contributed by atoms with van der Waals surface area (Å²) in [7, 11) is 0. The van der Waals surface area contributed by atoms with Gasteiger partial charge >= 0.3 is 17.9 Å². The number of hydrogen-bond acceptors (Lipinski definition) is 4. The third-order valence-electron chi connectivity index (χ3n) is 1.23. The second kappa shape index (κ2) is 4.22. The topological polar surface area (TPSA) is 82.5 Å². The lowest BCUT2D eigenvalue weighted by molar-refractivity contribution is -0.869. The molecule has 0 radical (unpaired) electrons. The molecule has 0 saturated heterocycles. The Kier molecular flexibility index (Phi) is 3.01. The molecule has 1 aromatic heterocycles. The predicted octanol–water partition coefficient (Wildman–Crippen LogP) is -0.593. The molecule has 1 amide bonds. The number of amides is 1. The third-order valence-corrected chi connectivity index (χ3v) is 1.23. The molecule has 6 heteroatoms. The predicted molar refractivity (Wildman–Crippen MR) is 44.1 cm³/mol. The molecule has 1 heterocycles. The molecule has 0 spiro atoms. The highest BCUT2D eigenvalue weighted by atomic mass is 16.7. The number of nitrogens with zero attached hydrogens (tertiary/aromatic N) is 1. The minimum absolute atomic E-state index is 0.0822. The number of esters is 1. The van der Waals surface area contributed by atoms with Crippen LogP contribution < -0.4 is 20.0 Å². The molecule has 0 bridgehead atoms. The number of rotatable bonds is 2. The van der Waals surface area contributed by atoms with E-state index in [0.29, 0.717) is 0 Å². The minimum atomic E-state index is -0.991. The van der Waals surface area contributed by atoms with Gasteiger partial charge in [0.05, 0.1) is 10.8 Å². The van der Waals surface area contributed by atoms with Crippen molar-refractivity contribution in [2.24, 2.45) is 5.73 Å². The van der Waals surface area contributed by atoms with Gasteiger partial charge in [0.1, 0.15) is 0 Å². The molecule has 14 heavy (non-hydrogen) atoms. The lowest BCUT2D eigenvalue weighted by Crippen LogP contribution is -2.48. The minimum Gasteiger partial charge on any atom is -0.368 e. The SMILES string of the molecule is CC(=O)Oc1cccc[n+]1OC(N)=O. The van der Waals surface area contributed by atoms with Gasteiger partial charge in [-0.25, -0.2) is 4.79 Å². The Balaban J connectivity index is 2.90. The summed E-state index contributed by atoms with van der Waals surface area (Å²) in [5.74, 6) is -0.433. The fourth-order valence-electron chi connectivity index (χ4n) is 0.811. The molecule has 2 N–H and O–H groups in total. The van der Waals surface area contributed by atoms with Gasteiger partial charge in [0.15, 0.2) is 0 Å². The average molecular weight is 197 g/mol. The highest BCUT2D eigenvalue weighted by molar-refractivity contribution is 5.68. The monoisotopic (exact) mass is 197 g/mol. The van der Waals surface area contributed by atoms with E-state index in [1.807, 2.05) is 0 Å². The van der Waals surface area contributed by atoms with Crippen LogP contribution in [0.4, 0.5) is 4.79 Å². The molecule has 0 saturated carbocycles. The number of ether oxygens (including phenoxy) is 1. The quantitative estimate of drug-likeness (QED) is 0.507. The number of primary amides is 1. The number of pyridine rings is 1. The normalized spacial score (nSPS) is 9.21. The van der Waals surface area contributed by atoms with Gasteiger partial charge in [-0.05, 0) is 6.07 Å². The van der Waals surface area contributed by atoms with Crippen molar-refractivity contribution in [2.75, 3.05) is 0 Å². The van der Waals surface area contributed by atoms with E-state index < -0.39 is 12.1 Å². The van der Waals surface area contributed by atoms with Gasteiger partial charge in [0, 0.05) is 13.0 Å². The molecule has 0 unspecified atom stereocenters. The number of carbonyl (C=O) groups is 2. The van der Waals surface area contributed by atoms with E-state index in [9.17, 15) is 9.59 Å². The van der Waals surface area contributed by atoms with Crippen molar-refractivity contribution in [2.45, 2.75) is 6.92 Å². The second-order valence-electron chi connectivity index (χ2n) is 2.37. The largest absolute Gasteiger partial charge is 0.473 e. The molecule has 1 rings (SSSR count). The summed E-state index contributed by atoms with van der Waals surface area (Å²) >= 11 is 0. The first kappa shape index (κ1) is 9.97. The van der Waals surface area contributed by atoms with Crippen LogP contribution >= 0.6 is 0 Å². The number of aromatic nitrogens is 1. The Bertz CT molecular complexity index is 329. The number of carbonyl (C=O) groups excluding carboxylic acids is 2. The van der Waals surface area contributed by atoms with Gasteiger partial charge in [0.25, 0.3) is 0 Å². The molecular weight excluding hydrogens is 188 g/mol. The van der Waals surface area contributed by atoms with Crippen LogP contribution in [-0.2, 0) is 4.79 Å². The Labute approximate surface area is 79.8 Å². The molecule has 0 aromatic carbocycles. The summed E-state index contributed by atoms with van der Waals surface area (Å²) in [6, 6.07) is 4.68. The summed E-state index contributed by atoms with van der Waals surface area (Å²) in [6.07, 6.45) is 0.401. The van der Waals surface area contributed by atoms with E-state index in [4.69, 9.17) is 10.5 Å². The van der Waals surface area contributed by atoms with Crippen LogP contribution in [0.5, 0.6) is 5.88 Å². The summed E-state index contributed by atoms with van der Waals surface area (Å²) < 4.78 is 5.70. The summed E-state index contributed by atoms with van der Waals surface area (Å²) in [4.78, 5) is 25.6. The van der Waals surface area contributed by atoms with E-state index >= 15 is 0 Å². The van der Waals surface area contributed by atoms with Gasteiger partial charge in [-0.3, -0.25) is 4.79 Å². The number of hydrogen-bond donors (Lipinski definition) is 1. The fourth-order valence-corrected chi connectivity index (χ4v) is 0.811. The molecule has 0 aliphatic carbocycles. The lowest BCUT2D eigenvalue weighted by atomic mass is 10.5. The molecule has 0 fully saturated rings. The summed E-state index contributed by atoms with van der Waals surface area (Å²) in [5, 5.41) is 0. The van der Waals surface area contributed by atoms with Crippen molar-refractivity contribution in [3.8, 4) is 5.88 Å². The first-order chi connectivity index (χ1) is 6.59. The van der Waals surface area contributed by atoms with E-state index in [1.54, 1.807) is 12.1 Å². The maximum absolute atomic E-state index is 10.6. The van der Waals surface area contributed by atoms with Gasteiger partial charge in [-0.1, -0.05) is 0 Å². The smallest absolute Gasteiger partial charge is 0.368 e. The van der Waals surface area contributed by atoms with Crippen molar-refractivity contribution in [3.05, 3.63) is 24.4 Å². The molecule has 0 aliphatic rings. The molecule has 74 valence electrons. The van der Waals surface area contributed by atoms with Crippen molar-refractivity contribution in [1.29, 1.82) is 0 Å². The van der Waals surface area contributed by atoms with Gasteiger partial charge in [0.2, 0.25) is 6.20 Å². The maximum Gasteiger partial charge on any atom is 0.473 e. The zero-order valence-electron chi connectivity index (χ0n) is 7.47. The van der Waals surface area contributed by atoms with E-state index in [-0.39, 0.29) is 5.88 Å². The highest BCUT2D eigenvalue weighted by Crippen LogP contribution is 2.00. The van der Waals surface area contributed by atoms with Crippen LogP contribution in [0.15, 0.2) is 24.4 Å². The third kappa shape index (κ3) is 2.74. The van der Waals surface area contributed by atoms with Gasteiger partial charge in [-0.2, -0.15) is 4.84 Å². The Morgan fingerprint density at radius 3 is 2.71 bits per heavy atom. The molecule has 0 aliphatic heterocycles. The molecule has 1 aromatic rings. The lowest BCUT2D eigenvalue weighted by Gasteiger charge is -1.97. The van der Waals surface area contributed by atoms with Crippen molar-refractivity contribution in [1.82, 2.24) is 0 Å². The number of nitrogens with two attached hydrogens (primary N) is 1. The van der Waals surface area contributed by atoms with Crippen molar-refractivity contribution in [3.63, 3.8) is 0 Å². The van der Waals surface area contributed by atoms with E-state index in [1.165, 1.54) is 19.2 Å². The Hall–Kier alpha value is -2.11. The molecular formula is C8H9N2O4+. The standard InChI is InChI=1S/C8H8N2O4/c1-6(11)13-7-4-2-3-5-10(7)14-8(9)12/h2-5H,1H3,(H-,9,12)/p+1. The Morgan fingerprint density at radius 1 is 1.43 bits per heavy atom. The molecule has 0 atom stereocenters.